The number of hydrogen-bond donors (Lipinski definition) is 2. The minimum atomic E-state index is -0.996. The lowest BCUT2D eigenvalue weighted by Crippen LogP contribution is -2.15. The zero-order valence-corrected chi connectivity index (χ0v) is 19.3. The van der Waals surface area contributed by atoms with Gasteiger partial charge in [-0.1, -0.05) is 36.8 Å². The fourth-order valence-electron chi connectivity index (χ4n) is 4.50. The Labute approximate surface area is 197 Å². The smallest absolute Gasteiger partial charge is 0.327 e. The Bertz CT molecular complexity index is 1300. The van der Waals surface area contributed by atoms with Crippen LogP contribution in [0.1, 0.15) is 71.8 Å². The van der Waals surface area contributed by atoms with Gasteiger partial charge in [0.05, 0.1) is 0 Å². The van der Waals surface area contributed by atoms with Crippen LogP contribution < -0.4 is 5.56 Å². The third-order valence-corrected chi connectivity index (χ3v) is 6.84. The molecule has 8 nitrogen and oxygen atoms in total. The van der Waals surface area contributed by atoms with E-state index in [1.807, 2.05) is 6.07 Å². The fraction of sp³-hybridized carbons (Fsp3) is 0.423. The molecule has 2 N–H and O–H groups in total. The molecule has 0 spiro atoms. The maximum Gasteiger partial charge on any atom is 0.327 e. The summed E-state index contributed by atoms with van der Waals surface area (Å²) >= 11 is 0. The van der Waals surface area contributed by atoms with E-state index in [1.54, 1.807) is 0 Å². The van der Waals surface area contributed by atoms with Gasteiger partial charge in [0.25, 0.3) is 5.56 Å². The molecule has 0 radical (unpaired) electrons. The highest BCUT2D eigenvalue weighted by Crippen LogP contribution is 2.39. The number of hydrogen-bond acceptors (Lipinski definition) is 5. The average molecular weight is 460 g/mol. The number of allylic oxidation sites excluding steroid dienone is 1. The van der Waals surface area contributed by atoms with Crippen molar-refractivity contribution in [2.75, 3.05) is 0 Å². The summed E-state index contributed by atoms with van der Waals surface area (Å²) in [5.74, 6) is 0.521. The first-order valence-corrected chi connectivity index (χ1v) is 12.0. The summed E-state index contributed by atoms with van der Waals surface area (Å²) < 4.78 is 0. The van der Waals surface area contributed by atoms with Crippen LogP contribution in [0, 0.1) is 12.8 Å². The Morgan fingerprint density at radius 2 is 2.00 bits per heavy atom. The number of nitrogens with zero attached hydrogens (tertiary/aromatic N) is 4. The van der Waals surface area contributed by atoms with Crippen LogP contribution in [0.3, 0.4) is 0 Å². The molecular weight excluding hydrogens is 430 g/mol. The Morgan fingerprint density at radius 3 is 2.65 bits per heavy atom. The van der Waals surface area contributed by atoms with Gasteiger partial charge < -0.3 is 10.1 Å². The highest BCUT2D eigenvalue weighted by Gasteiger charge is 2.26. The number of rotatable bonds is 9. The van der Waals surface area contributed by atoms with E-state index < -0.39 is 5.97 Å². The number of carboxylic acid groups (broad SMARTS) is 1. The quantitative estimate of drug-likeness (QED) is 0.505. The summed E-state index contributed by atoms with van der Waals surface area (Å²) in [6, 6.07) is 10.5. The van der Waals surface area contributed by atoms with E-state index in [9.17, 15) is 9.59 Å². The highest BCUT2D eigenvalue weighted by atomic mass is 16.4. The molecule has 2 fully saturated rings. The first-order valence-electron chi connectivity index (χ1n) is 12.0. The van der Waals surface area contributed by atoms with Gasteiger partial charge in [0, 0.05) is 23.3 Å². The van der Waals surface area contributed by atoms with Crippen LogP contribution in [0.2, 0.25) is 0 Å². The summed E-state index contributed by atoms with van der Waals surface area (Å²) in [6.07, 6.45) is 9.51. The first kappa shape index (κ1) is 22.3. The molecule has 176 valence electrons. The molecular formula is C26H29N5O3. The largest absolute Gasteiger partial charge is 0.480 e. The van der Waals surface area contributed by atoms with Crippen LogP contribution in [-0.2, 0) is 24.2 Å². The van der Waals surface area contributed by atoms with E-state index in [4.69, 9.17) is 5.11 Å². The number of tetrazole rings is 1. The van der Waals surface area contributed by atoms with Gasteiger partial charge in [0.15, 0.2) is 12.4 Å². The number of aryl methyl sites for hydroxylation is 3. The summed E-state index contributed by atoms with van der Waals surface area (Å²) in [5, 5.41) is 20.7. The second-order valence-electron chi connectivity index (χ2n) is 9.47. The van der Waals surface area contributed by atoms with E-state index in [0.717, 1.165) is 52.0 Å². The molecule has 1 aromatic carbocycles. The van der Waals surface area contributed by atoms with E-state index in [-0.39, 0.29) is 12.1 Å². The van der Waals surface area contributed by atoms with Gasteiger partial charge in [-0.15, -0.1) is 10.2 Å². The van der Waals surface area contributed by atoms with Crippen LogP contribution in [0.15, 0.2) is 41.2 Å². The lowest BCUT2D eigenvalue weighted by molar-refractivity contribution is -0.138. The number of pyridine rings is 1. The molecule has 5 rings (SSSR count). The molecule has 0 unspecified atom stereocenters. The van der Waals surface area contributed by atoms with Gasteiger partial charge in [-0.3, -0.25) is 9.59 Å². The van der Waals surface area contributed by atoms with Gasteiger partial charge in [0.2, 0.25) is 0 Å². The second-order valence-corrected chi connectivity index (χ2v) is 9.47. The number of H-pyrrole nitrogens is 1. The molecule has 0 amide bonds. The molecule has 2 saturated carbocycles. The monoisotopic (exact) mass is 459 g/mol. The van der Waals surface area contributed by atoms with Gasteiger partial charge in [0.1, 0.15) is 0 Å². The summed E-state index contributed by atoms with van der Waals surface area (Å²) in [5.41, 5.74) is 6.37. The fourth-order valence-corrected chi connectivity index (χ4v) is 4.50. The number of carbonyl (C=O) groups is 1. The molecule has 2 heterocycles. The highest BCUT2D eigenvalue weighted by molar-refractivity contribution is 5.78. The molecule has 0 bridgehead atoms. The minimum absolute atomic E-state index is 0.0382. The number of aromatic nitrogens is 5. The Morgan fingerprint density at radius 1 is 1.18 bits per heavy atom. The van der Waals surface area contributed by atoms with Crippen molar-refractivity contribution < 1.29 is 9.90 Å². The maximum absolute atomic E-state index is 12.7. The Balaban J connectivity index is 1.36. The molecule has 0 atom stereocenters. The van der Waals surface area contributed by atoms with E-state index in [2.05, 4.69) is 57.7 Å². The van der Waals surface area contributed by atoms with Gasteiger partial charge in [-0.05, 0) is 78.8 Å². The lowest BCUT2D eigenvalue weighted by Gasteiger charge is -2.24. The molecule has 8 heteroatoms. The van der Waals surface area contributed by atoms with Gasteiger partial charge in [-0.2, -0.15) is 4.80 Å². The lowest BCUT2D eigenvalue weighted by atomic mass is 9.82. The Kier molecular flexibility index (Phi) is 6.13. The van der Waals surface area contributed by atoms with Crippen molar-refractivity contribution in [3.63, 3.8) is 0 Å². The van der Waals surface area contributed by atoms with Crippen molar-refractivity contribution in [1.29, 1.82) is 0 Å². The number of benzene rings is 1. The molecule has 3 aromatic rings. The summed E-state index contributed by atoms with van der Waals surface area (Å²) in [7, 11) is 0. The van der Waals surface area contributed by atoms with Gasteiger partial charge in [-0.25, -0.2) is 0 Å². The number of carboxylic acids is 1. The molecule has 2 aliphatic carbocycles. The van der Waals surface area contributed by atoms with Crippen molar-refractivity contribution in [2.24, 2.45) is 5.92 Å². The van der Waals surface area contributed by atoms with Crippen molar-refractivity contribution in [1.82, 2.24) is 25.2 Å². The number of nitrogens with one attached hydrogen (secondary N) is 1. The summed E-state index contributed by atoms with van der Waals surface area (Å²) in [4.78, 5) is 27.7. The number of aliphatic carboxylic acids is 1. The van der Waals surface area contributed by atoms with Crippen molar-refractivity contribution >= 4 is 11.5 Å². The van der Waals surface area contributed by atoms with E-state index in [1.165, 1.54) is 24.8 Å². The normalized spacial score (nSPS) is 16.4. The standard InChI is InChI=1S/C26H29N5O3/c1-16-13-20(8-5-18(16)9-12-24-28-30-31(29-24)15-25(32)33)22(14-17-3-2-4-17)23-11-10-21(19-6-7-19)26(34)27-23/h5,8,10-11,13-14,17,19H,2-4,6-7,9,12,15H2,1H3,(H,27,34)(H,32,33)/b22-14+. The topological polar surface area (TPSA) is 114 Å². The van der Waals surface area contributed by atoms with Crippen LogP contribution in [-0.4, -0.2) is 36.3 Å². The SMILES string of the molecule is Cc1cc(/C(=C\C2CCC2)c2ccc(C3CC3)c(=O)[nH]2)ccc1CCc1nnn(CC(=O)O)n1. The van der Waals surface area contributed by atoms with Crippen LogP contribution in [0.5, 0.6) is 0 Å². The molecule has 34 heavy (non-hydrogen) atoms. The van der Waals surface area contributed by atoms with Crippen LogP contribution >= 0.6 is 0 Å². The molecule has 0 saturated heterocycles. The third kappa shape index (κ3) is 5.00. The predicted octanol–water partition coefficient (Wildman–Crippen LogP) is 3.65. The van der Waals surface area contributed by atoms with E-state index in [0.29, 0.717) is 24.1 Å². The van der Waals surface area contributed by atoms with Crippen LogP contribution in [0.25, 0.3) is 5.57 Å². The minimum Gasteiger partial charge on any atom is -0.480 e. The third-order valence-electron chi connectivity index (χ3n) is 6.84. The zero-order chi connectivity index (χ0) is 23.7. The van der Waals surface area contributed by atoms with Gasteiger partial charge >= 0.3 is 5.97 Å². The van der Waals surface area contributed by atoms with Crippen LogP contribution in [0.4, 0.5) is 0 Å². The first-order chi connectivity index (χ1) is 16.5. The maximum atomic E-state index is 12.7. The van der Waals surface area contributed by atoms with E-state index >= 15 is 0 Å². The second kappa shape index (κ2) is 9.37. The molecule has 2 aromatic heterocycles. The number of aromatic amines is 1. The Hall–Kier alpha value is -3.55. The van der Waals surface area contributed by atoms with Crippen molar-refractivity contribution in [2.45, 2.75) is 64.3 Å². The average Bonchev–Trinajstić information content (AvgIpc) is 3.51. The molecule has 2 aliphatic rings. The summed E-state index contributed by atoms with van der Waals surface area (Å²) in [6.45, 7) is 1.80. The van der Waals surface area contributed by atoms with Crippen molar-refractivity contribution in [3.8, 4) is 0 Å². The van der Waals surface area contributed by atoms with Crippen molar-refractivity contribution in [3.05, 3.63) is 80.5 Å². The zero-order valence-electron chi connectivity index (χ0n) is 19.3. The predicted molar refractivity (Wildman–Crippen MR) is 127 cm³/mol. The molecule has 0 aliphatic heterocycles.